The Morgan fingerprint density at radius 3 is 2.48 bits per heavy atom. The number of hydrogen-bond acceptors (Lipinski definition) is 4. The maximum Gasteiger partial charge on any atom is 0.225 e. The highest BCUT2D eigenvalue weighted by Gasteiger charge is 2.38. The minimum absolute atomic E-state index is 0. The van der Waals surface area contributed by atoms with E-state index in [0.717, 1.165) is 51.9 Å². The quantitative estimate of drug-likeness (QED) is 0.766. The van der Waals surface area contributed by atoms with Gasteiger partial charge in [0.15, 0.2) is 0 Å². The third-order valence-corrected chi connectivity index (χ3v) is 5.06. The molecule has 8 heteroatoms. The molecule has 0 spiro atoms. The highest BCUT2D eigenvalue weighted by molar-refractivity contribution is 5.86. The maximum absolute atomic E-state index is 12.4. The Morgan fingerprint density at radius 1 is 1.22 bits per heavy atom. The molecule has 140 valence electrons. The van der Waals surface area contributed by atoms with Crippen molar-refractivity contribution in [2.45, 2.75) is 44.2 Å². The third kappa shape index (κ3) is 6.92. The van der Waals surface area contributed by atoms with E-state index in [2.05, 4.69) is 29.2 Å². The lowest BCUT2D eigenvalue weighted by Crippen LogP contribution is -2.57. The van der Waals surface area contributed by atoms with Gasteiger partial charge in [-0.3, -0.25) is 9.69 Å². The van der Waals surface area contributed by atoms with Crippen LogP contribution in [-0.4, -0.2) is 67.6 Å². The smallest absolute Gasteiger partial charge is 0.225 e. The van der Waals surface area contributed by atoms with Crippen molar-refractivity contribution >= 4 is 43.1 Å². The van der Waals surface area contributed by atoms with Crippen molar-refractivity contribution in [3.63, 3.8) is 0 Å². The van der Waals surface area contributed by atoms with Gasteiger partial charge < -0.3 is 16.0 Å². The van der Waals surface area contributed by atoms with Gasteiger partial charge in [-0.15, -0.1) is 37.2 Å². The molecule has 2 fully saturated rings. The van der Waals surface area contributed by atoms with Gasteiger partial charge in [-0.2, -0.15) is 0 Å². The van der Waals surface area contributed by atoms with Crippen molar-refractivity contribution in [1.29, 1.82) is 0 Å². The molecular formula is C15H33Cl3N4O. The molecular weight excluding hydrogens is 359 g/mol. The van der Waals surface area contributed by atoms with E-state index in [1.165, 1.54) is 0 Å². The second kappa shape index (κ2) is 11.0. The summed E-state index contributed by atoms with van der Waals surface area (Å²) in [4.78, 5) is 17.1. The molecule has 0 aromatic rings. The number of nitrogens with zero attached hydrogens (tertiary/aromatic N) is 2. The Bertz CT molecular complexity index is 358. The minimum Gasteiger partial charge on any atom is -0.354 e. The van der Waals surface area contributed by atoms with E-state index >= 15 is 0 Å². The zero-order valence-corrected chi connectivity index (χ0v) is 16.9. The molecule has 2 rings (SSSR count). The Kier molecular flexibility index (Phi) is 12.1. The first kappa shape index (κ1) is 25.5. The standard InChI is InChI=1S/C15H30N4O.3ClH/c1-15(16)7-5-4-6-13(15)14(20)17-10-12-11-18(2)8-9-19(12)3;;;/h12-13H,4-11,16H2,1-3H3,(H,17,20);3*1H. The molecule has 3 unspecified atom stereocenters. The van der Waals surface area contributed by atoms with Crippen LogP contribution in [0, 0.1) is 5.92 Å². The number of nitrogens with two attached hydrogens (primary N) is 1. The molecule has 1 saturated heterocycles. The zero-order chi connectivity index (χ0) is 14.8. The Morgan fingerprint density at radius 2 is 1.87 bits per heavy atom. The lowest BCUT2D eigenvalue weighted by Gasteiger charge is -2.40. The van der Waals surface area contributed by atoms with Crippen molar-refractivity contribution in [3.8, 4) is 0 Å². The first-order chi connectivity index (χ1) is 9.40. The topological polar surface area (TPSA) is 61.6 Å². The number of likely N-dealkylation sites (N-methyl/N-ethyl adjacent to an activating group) is 2. The largest absolute Gasteiger partial charge is 0.354 e. The number of halogens is 3. The van der Waals surface area contributed by atoms with E-state index in [0.29, 0.717) is 6.04 Å². The second-order valence-corrected chi connectivity index (χ2v) is 6.95. The number of amides is 1. The van der Waals surface area contributed by atoms with Crippen molar-refractivity contribution in [1.82, 2.24) is 15.1 Å². The predicted octanol–water partition coefficient (Wildman–Crippen LogP) is 1.52. The molecule has 0 aromatic heterocycles. The van der Waals surface area contributed by atoms with Crippen LogP contribution in [0.25, 0.3) is 0 Å². The Labute approximate surface area is 159 Å². The Hall–Kier alpha value is 0.220. The van der Waals surface area contributed by atoms with Gasteiger partial charge in [-0.25, -0.2) is 0 Å². The number of carbonyl (C=O) groups excluding carboxylic acids is 1. The van der Waals surface area contributed by atoms with E-state index in [9.17, 15) is 4.79 Å². The van der Waals surface area contributed by atoms with Crippen LogP contribution in [0.2, 0.25) is 0 Å². The number of carbonyl (C=O) groups is 1. The zero-order valence-electron chi connectivity index (χ0n) is 14.4. The monoisotopic (exact) mass is 390 g/mol. The van der Waals surface area contributed by atoms with Gasteiger partial charge in [-0.05, 0) is 33.9 Å². The van der Waals surface area contributed by atoms with E-state index in [1.54, 1.807) is 0 Å². The molecule has 0 aromatic carbocycles. The molecule has 2 aliphatic rings. The van der Waals surface area contributed by atoms with Crippen LogP contribution in [0.3, 0.4) is 0 Å². The van der Waals surface area contributed by atoms with Crippen LogP contribution in [-0.2, 0) is 4.79 Å². The maximum atomic E-state index is 12.4. The van der Waals surface area contributed by atoms with Crippen molar-refractivity contribution in [3.05, 3.63) is 0 Å². The summed E-state index contributed by atoms with van der Waals surface area (Å²) >= 11 is 0. The van der Waals surface area contributed by atoms with Crippen LogP contribution in [0.4, 0.5) is 0 Å². The lowest BCUT2D eigenvalue weighted by molar-refractivity contribution is -0.128. The van der Waals surface area contributed by atoms with E-state index in [-0.39, 0.29) is 54.6 Å². The summed E-state index contributed by atoms with van der Waals surface area (Å²) in [6.45, 7) is 5.93. The minimum atomic E-state index is -0.336. The van der Waals surface area contributed by atoms with Gasteiger partial charge in [-0.1, -0.05) is 12.8 Å². The van der Waals surface area contributed by atoms with Crippen molar-refractivity contribution < 1.29 is 4.79 Å². The van der Waals surface area contributed by atoms with Crippen LogP contribution in [0.1, 0.15) is 32.6 Å². The van der Waals surface area contributed by atoms with Crippen LogP contribution < -0.4 is 11.1 Å². The first-order valence-electron chi connectivity index (χ1n) is 7.85. The summed E-state index contributed by atoms with van der Waals surface area (Å²) in [7, 11) is 4.28. The molecule has 3 atom stereocenters. The number of hydrogen-bond donors (Lipinski definition) is 2. The molecule has 0 bridgehead atoms. The van der Waals surface area contributed by atoms with E-state index in [4.69, 9.17) is 5.73 Å². The molecule has 1 heterocycles. The molecule has 1 amide bonds. The normalized spacial score (nSPS) is 32.0. The summed E-state index contributed by atoms with van der Waals surface area (Å²) < 4.78 is 0. The SMILES string of the molecule is CN1CCN(C)C(CNC(=O)C2CCCCC2(C)N)C1.Cl.Cl.Cl. The fourth-order valence-electron chi connectivity index (χ4n) is 3.45. The highest BCUT2D eigenvalue weighted by Crippen LogP contribution is 2.31. The van der Waals surface area contributed by atoms with Gasteiger partial charge in [0.1, 0.15) is 0 Å². The van der Waals surface area contributed by atoms with Gasteiger partial charge in [0.25, 0.3) is 0 Å². The highest BCUT2D eigenvalue weighted by atomic mass is 35.5. The summed E-state index contributed by atoms with van der Waals surface area (Å²) in [5.41, 5.74) is 5.97. The van der Waals surface area contributed by atoms with Crippen molar-refractivity contribution in [2.75, 3.05) is 40.3 Å². The van der Waals surface area contributed by atoms with E-state index in [1.807, 2.05) is 6.92 Å². The summed E-state index contributed by atoms with van der Waals surface area (Å²) in [6.07, 6.45) is 4.15. The molecule has 3 N–H and O–H groups in total. The summed E-state index contributed by atoms with van der Waals surface area (Å²) in [5, 5.41) is 3.14. The summed E-state index contributed by atoms with van der Waals surface area (Å²) in [6, 6.07) is 0.408. The summed E-state index contributed by atoms with van der Waals surface area (Å²) in [5.74, 6) is 0.124. The van der Waals surface area contributed by atoms with Crippen LogP contribution in [0.5, 0.6) is 0 Å². The third-order valence-electron chi connectivity index (χ3n) is 5.06. The molecule has 0 radical (unpaired) electrons. The van der Waals surface area contributed by atoms with Gasteiger partial charge >= 0.3 is 0 Å². The average molecular weight is 392 g/mol. The fourth-order valence-corrected chi connectivity index (χ4v) is 3.45. The predicted molar refractivity (Wildman–Crippen MR) is 103 cm³/mol. The molecule has 1 aliphatic carbocycles. The number of nitrogens with one attached hydrogen (secondary N) is 1. The van der Waals surface area contributed by atoms with E-state index < -0.39 is 0 Å². The fraction of sp³-hybridized carbons (Fsp3) is 0.933. The van der Waals surface area contributed by atoms with Gasteiger partial charge in [0.2, 0.25) is 5.91 Å². The molecule has 1 aliphatic heterocycles. The van der Waals surface area contributed by atoms with Crippen LogP contribution >= 0.6 is 37.2 Å². The lowest BCUT2D eigenvalue weighted by atomic mass is 9.74. The van der Waals surface area contributed by atoms with Gasteiger partial charge in [0, 0.05) is 37.8 Å². The first-order valence-corrected chi connectivity index (χ1v) is 7.85. The molecule has 1 saturated carbocycles. The average Bonchev–Trinajstić information content (AvgIpc) is 2.39. The molecule has 23 heavy (non-hydrogen) atoms. The molecule has 5 nitrogen and oxygen atoms in total. The number of piperazine rings is 1. The van der Waals surface area contributed by atoms with Crippen molar-refractivity contribution in [2.24, 2.45) is 11.7 Å². The van der Waals surface area contributed by atoms with Crippen LogP contribution in [0.15, 0.2) is 0 Å². The second-order valence-electron chi connectivity index (χ2n) is 6.95. The van der Waals surface area contributed by atoms with Gasteiger partial charge in [0.05, 0.1) is 5.92 Å². The Balaban J connectivity index is 0. The number of rotatable bonds is 3.